The lowest BCUT2D eigenvalue weighted by molar-refractivity contribution is 0.713. The Morgan fingerprint density at radius 3 is 2.92 bits per heavy atom. The van der Waals surface area contributed by atoms with Crippen molar-refractivity contribution in [2.75, 3.05) is 0 Å². The molecular weight excluding hydrogens is 237 g/mol. The molecule has 0 saturated heterocycles. The molecule has 1 aliphatic rings. The van der Waals surface area contributed by atoms with Crippen LogP contribution in [0.1, 0.15) is 23.6 Å². The number of rotatable bonds is 0. The molecule has 0 saturated carbocycles. The first-order valence-corrected chi connectivity index (χ1v) is 4.60. The monoisotopic (exact) mass is 247 g/mol. The molecule has 3 heteroatoms. The average molecular weight is 249 g/mol. The van der Waals surface area contributed by atoms with Crippen molar-refractivity contribution in [3.63, 3.8) is 0 Å². The third-order valence-electron chi connectivity index (χ3n) is 2.23. The van der Waals surface area contributed by atoms with Crippen molar-refractivity contribution in [2.24, 2.45) is 5.73 Å². The number of hydrogen-bond acceptors (Lipinski definition) is 1. The minimum atomic E-state index is 0. The first kappa shape index (κ1) is 10.0. The van der Waals surface area contributed by atoms with Gasteiger partial charge in [0.2, 0.25) is 0 Å². The summed E-state index contributed by atoms with van der Waals surface area (Å²) in [5.74, 6) is 0. The predicted molar refractivity (Wildman–Crippen MR) is 56.6 cm³/mol. The number of aryl methyl sites for hydroxylation is 1. The minimum Gasteiger partial charge on any atom is -0.324 e. The van der Waals surface area contributed by atoms with E-state index in [0.717, 1.165) is 17.3 Å². The van der Waals surface area contributed by atoms with Crippen LogP contribution in [-0.2, 0) is 6.42 Å². The van der Waals surface area contributed by atoms with E-state index in [1.165, 1.54) is 11.1 Å². The van der Waals surface area contributed by atoms with E-state index in [2.05, 4.69) is 34.1 Å². The summed E-state index contributed by atoms with van der Waals surface area (Å²) in [4.78, 5) is 0. The van der Waals surface area contributed by atoms with E-state index >= 15 is 0 Å². The largest absolute Gasteiger partial charge is 0.324 e. The van der Waals surface area contributed by atoms with E-state index in [9.17, 15) is 0 Å². The summed E-state index contributed by atoms with van der Waals surface area (Å²) in [7, 11) is 0. The van der Waals surface area contributed by atoms with Gasteiger partial charge in [-0.2, -0.15) is 0 Å². The molecular formula is C9H11BrClN. The Morgan fingerprint density at radius 1 is 1.42 bits per heavy atom. The van der Waals surface area contributed by atoms with Gasteiger partial charge < -0.3 is 5.73 Å². The fraction of sp³-hybridized carbons (Fsp3) is 0.333. The highest BCUT2D eigenvalue weighted by Gasteiger charge is 2.17. The highest BCUT2D eigenvalue weighted by atomic mass is 79.9. The summed E-state index contributed by atoms with van der Waals surface area (Å²) < 4.78 is 1.16. The quantitative estimate of drug-likeness (QED) is 0.751. The van der Waals surface area contributed by atoms with Crippen LogP contribution in [0.4, 0.5) is 0 Å². The smallest absolute Gasteiger partial charge is 0.0300 e. The van der Waals surface area contributed by atoms with Gasteiger partial charge in [0.25, 0.3) is 0 Å². The predicted octanol–water partition coefficient (Wildman–Crippen LogP) is 2.82. The van der Waals surface area contributed by atoms with E-state index < -0.39 is 0 Å². The van der Waals surface area contributed by atoms with E-state index in [1.54, 1.807) is 0 Å². The zero-order chi connectivity index (χ0) is 7.84. The topological polar surface area (TPSA) is 26.0 Å². The van der Waals surface area contributed by atoms with Gasteiger partial charge in [-0.3, -0.25) is 0 Å². The van der Waals surface area contributed by atoms with Gasteiger partial charge in [-0.15, -0.1) is 12.4 Å². The fourth-order valence-electron chi connectivity index (χ4n) is 1.62. The molecule has 0 aromatic heterocycles. The van der Waals surface area contributed by atoms with Crippen molar-refractivity contribution in [3.05, 3.63) is 33.8 Å². The molecule has 0 fully saturated rings. The lowest BCUT2D eigenvalue weighted by atomic mass is 10.1. The van der Waals surface area contributed by atoms with Crippen LogP contribution >= 0.6 is 28.3 Å². The average Bonchev–Trinajstić information content (AvgIpc) is 2.32. The molecule has 0 unspecified atom stereocenters. The Morgan fingerprint density at radius 2 is 2.17 bits per heavy atom. The molecule has 1 atom stereocenters. The van der Waals surface area contributed by atoms with Gasteiger partial charge in [0.05, 0.1) is 0 Å². The Labute approximate surface area is 86.9 Å². The van der Waals surface area contributed by atoms with Crippen LogP contribution in [0.15, 0.2) is 22.7 Å². The Bertz CT molecular complexity index is 288. The molecule has 2 N–H and O–H groups in total. The van der Waals surface area contributed by atoms with Crippen molar-refractivity contribution in [1.29, 1.82) is 0 Å². The third kappa shape index (κ3) is 1.65. The first-order valence-electron chi connectivity index (χ1n) is 3.81. The zero-order valence-electron chi connectivity index (χ0n) is 6.59. The second-order valence-corrected chi connectivity index (χ2v) is 3.90. The Kier molecular flexibility index (Phi) is 3.16. The van der Waals surface area contributed by atoms with E-state index in [4.69, 9.17) is 5.73 Å². The standard InChI is InChI=1S/C9H10BrN.ClH/c10-7-2-3-8-6(5-7)1-4-9(8)11;/h2-3,5,9H,1,4,11H2;1H/t9-;/m1./s1. The van der Waals surface area contributed by atoms with Crippen molar-refractivity contribution in [3.8, 4) is 0 Å². The summed E-state index contributed by atoms with van der Waals surface area (Å²) in [5, 5.41) is 0. The van der Waals surface area contributed by atoms with Crippen LogP contribution in [0.5, 0.6) is 0 Å². The Hall–Kier alpha value is -0.0500. The van der Waals surface area contributed by atoms with Crippen molar-refractivity contribution < 1.29 is 0 Å². The third-order valence-corrected chi connectivity index (χ3v) is 2.72. The number of nitrogens with two attached hydrogens (primary N) is 1. The van der Waals surface area contributed by atoms with Crippen LogP contribution in [0, 0.1) is 0 Å². The second-order valence-electron chi connectivity index (χ2n) is 2.99. The number of hydrogen-bond donors (Lipinski definition) is 1. The molecule has 66 valence electrons. The summed E-state index contributed by atoms with van der Waals surface area (Å²) >= 11 is 3.44. The van der Waals surface area contributed by atoms with Gasteiger partial charge in [0, 0.05) is 10.5 Å². The van der Waals surface area contributed by atoms with Crippen molar-refractivity contribution in [1.82, 2.24) is 0 Å². The minimum absolute atomic E-state index is 0. The first-order chi connectivity index (χ1) is 5.27. The van der Waals surface area contributed by atoms with Crippen LogP contribution in [0.25, 0.3) is 0 Å². The molecule has 1 nitrogen and oxygen atoms in total. The SMILES string of the molecule is Cl.N[C@@H]1CCc2cc(Br)ccc21. The van der Waals surface area contributed by atoms with Gasteiger partial charge in [0.1, 0.15) is 0 Å². The fourth-order valence-corrected chi connectivity index (χ4v) is 2.03. The molecule has 1 aromatic rings. The van der Waals surface area contributed by atoms with E-state index in [-0.39, 0.29) is 18.4 Å². The Balaban J connectivity index is 0.000000720. The number of fused-ring (bicyclic) bond motifs is 1. The summed E-state index contributed by atoms with van der Waals surface area (Å²) in [6, 6.07) is 6.63. The summed E-state index contributed by atoms with van der Waals surface area (Å²) in [5.41, 5.74) is 8.62. The van der Waals surface area contributed by atoms with Crippen molar-refractivity contribution in [2.45, 2.75) is 18.9 Å². The van der Waals surface area contributed by atoms with Crippen LogP contribution in [0.2, 0.25) is 0 Å². The maximum atomic E-state index is 5.88. The van der Waals surface area contributed by atoms with Gasteiger partial charge in [-0.25, -0.2) is 0 Å². The molecule has 1 aromatic carbocycles. The normalized spacial score (nSPS) is 20.0. The lowest BCUT2D eigenvalue weighted by Crippen LogP contribution is -2.04. The highest BCUT2D eigenvalue weighted by molar-refractivity contribution is 9.10. The molecule has 0 heterocycles. The van der Waals surface area contributed by atoms with E-state index in [1.807, 2.05) is 0 Å². The summed E-state index contributed by atoms with van der Waals surface area (Å²) in [6.45, 7) is 0. The molecule has 12 heavy (non-hydrogen) atoms. The molecule has 2 rings (SSSR count). The molecule has 0 amide bonds. The van der Waals surface area contributed by atoms with E-state index in [0.29, 0.717) is 0 Å². The maximum Gasteiger partial charge on any atom is 0.0300 e. The molecule has 0 spiro atoms. The van der Waals surface area contributed by atoms with Gasteiger partial charge >= 0.3 is 0 Å². The number of benzene rings is 1. The van der Waals surface area contributed by atoms with Crippen LogP contribution in [-0.4, -0.2) is 0 Å². The maximum absolute atomic E-state index is 5.88. The molecule has 0 bridgehead atoms. The summed E-state index contributed by atoms with van der Waals surface area (Å²) in [6.07, 6.45) is 2.24. The second kappa shape index (κ2) is 3.77. The van der Waals surface area contributed by atoms with Gasteiger partial charge in [0.15, 0.2) is 0 Å². The van der Waals surface area contributed by atoms with Crippen LogP contribution in [0.3, 0.4) is 0 Å². The molecule has 0 radical (unpaired) electrons. The van der Waals surface area contributed by atoms with Crippen molar-refractivity contribution >= 4 is 28.3 Å². The lowest BCUT2D eigenvalue weighted by Gasteiger charge is -2.03. The van der Waals surface area contributed by atoms with Gasteiger partial charge in [-0.05, 0) is 36.1 Å². The highest BCUT2D eigenvalue weighted by Crippen LogP contribution is 2.30. The van der Waals surface area contributed by atoms with Crippen LogP contribution < -0.4 is 5.73 Å². The molecule has 0 aliphatic heterocycles. The molecule has 1 aliphatic carbocycles. The van der Waals surface area contributed by atoms with Gasteiger partial charge in [-0.1, -0.05) is 22.0 Å². The zero-order valence-corrected chi connectivity index (χ0v) is 8.99. The number of halogens is 2.